The maximum atomic E-state index is 12.2. The SMILES string of the molecule is Cc1cc(C(=O)N(C)CC(F)F)sc1C#CCCO. The third kappa shape index (κ3) is 4.62. The van der Waals surface area contributed by atoms with Crippen molar-refractivity contribution in [3.8, 4) is 11.8 Å². The van der Waals surface area contributed by atoms with Crippen molar-refractivity contribution in [2.24, 2.45) is 0 Å². The molecule has 0 fully saturated rings. The van der Waals surface area contributed by atoms with E-state index in [-0.39, 0.29) is 6.61 Å². The van der Waals surface area contributed by atoms with Crippen molar-refractivity contribution in [3.63, 3.8) is 0 Å². The summed E-state index contributed by atoms with van der Waals surface area (Å²) in [4.78, 5) is 14.0. The van der Waals surface area contributed by atoms with Crippen molar-refractivity contribution in [2.75, 3.05) is 20.2 Å². The van der Waals surface area contributed by atoms with E-state index in [2.05, 4.69) is 11.8 Å². The summed E-state index contributed by atoms with van der Waals surface area (Å²) in [6.07, 6.45) is -2.18. The first kappa shape index (κ1) is 15.6. The number of nitrogens with zero attached hydrogens (tertiary/aromatic N) is 1. The Morgan fingerprint density at radius 2 is 2.26 bits per heavy atom. The largest absolute Gasteiger partial charge is 0.395 e. The molecule has 6 heteroatoms. The van der Waals surface area contributed by atoms with Gasteiger partial charge in [-0.15, -0.1) is 11.3 Å². The molecule has 0 aromatic carbocycles. The maximum Gasteiger partial charge on any atom is 0.263 e. The van der Waals surface area contributed by atoms with Gasteiger partial charge < -0.3 is 10.0 Å². The summed E-state index contributed by atoms with van der Waals surface area (Å²) in [7, 11) is 1.35. The fraction of sp³-hybridized carbons (Fsp3) is 0.462. The van der Waals surface area contributed by atoms with E-state index in [1.807, 2.05) is 6.92 Å². The second-order valence-electron chi connectivity index (χ2n) is 3.97. The van der Waals surface area contributed by atoms with Gasteiger partial charge in [0.25, 0.3) is 12.3 Å². The molecule has 1 amide bonds. The zero-order chi connectivity index (χ0) is 14.4. The van der Waals surface area contributed by atoms with Gasteiger partial charge in [0, 0.05) is 13.5 Å². The number of aryl methyl sites for hydroxylation is 1. The normalized spacial score (nSPS) is 10.2. The third-order valence-corrected chi connectivity index (χ3v) is 3.47. The lowest BCUT2D eigenvalue weighted by atomic mass is 10.2. The van der Waals surface area contributed by atoms with Crippen LogP contribution in [0.2, 0.25) is 0 Å². The summed E-state index contributed by atoms with van der Waals surface area (Å²) in [6, 6.07) is 1.65. The van der Waals surface area contributed by atoms with Crippen LogP contribution < -0.4 is 0 Å². The molecule has 0 aliphatic heterocycles. The number of amides is 1. The number of carbonyl (C=O) groups is 1. The summed E-state index contributed by atoms with van der Waals surface area (Å²) < 4.78 is 24.4. The number of thiophene rings is 1. The predicted molar refractivity (Wildman–Crippen MR) is 70.6 cm³/mol. The lowest BCUT2D eigenvalue weighted by Gasteiger charge is -2.14. The number of hydrogen-bond donors (Lipinski definition) is 1. The van der Waals surface area contributed by atoms with E-state index >= 15 is 0 Å². The van der Waals surface area contributed by atoms with Crippen molar-refractivity contribution in [1.82, 2.24) is 4.90 Å². The molecular weight excluding hydrogens is 272 g/mol. The number of carbonyl (C=O) groups excluding carboxylic acids is 1. The highest BCUT2D eigenvalue weighted by Gasteiger charge is 2.18. The Kier molecular flexibility index (Phi) is 5.93. The van der Waals surface area contributed by atoms with Crippen molar-refractivity contribution < 1.29 is 18.7 Å². The summed E-state index contributed by atoms with van der Waals surface area (Å²) in [5.74, 6) is 5.20. The number of aliphatic hydroxyl groups excluding tert-OH is 1. The van der Waals surface area contributed by atoms with Gasteiger partial charge in [-0.3, -0.25) is 4.79 Å². The molecule has 0 spiro atoms. The van der Waals surface area contributed by atoms with Gasteiger partial charge in [-0.05, 0) is 18.6 Å². The molecule has 1 aromatic heterocycles. The second kappa shape index (κ2) is 7.22. The summed E-state index contributed by atoms with van der Waals surface area (Å²) in [5, 5.41) is 8.63. The van der Waals surface area contributed by atoms with Gasteiger partial charge in [0.2, 0.25) is 0 Å². The minimum absolute atomic E-state index is 0.0136. The van der Waals surface area contributed by atoms with Crippen molar-refractivity contribution in [3.05, 3.63) is 21.4 Å². The summed E-state index contributed by atoms with van der Waals surface area (Å²) in [6.45, 7) is 1.21. The number of halogens is 2. The number of hydrogen-bond acceptors (Lipinski definition) is 3. The molecule has 0 atom stereocenters. The summed E-state index contributed by atoms with van der Waals surface area (Å²) in [5.41, 5.74) is 0.837. The van der Waals surface area contributed by atoms with E-state index in [9.17, 15) is 13.6 Å². The Morgan fingerprint density at radius 1 is 1.58 bits per heavy atom. The molecule has 0 bridgehead atoms. The van der Waals surface area contributed by atoms with Crippen molar-refractivity contribution >= 4 is 17.2 Å². The number of rotatable bonds is 4. The van der Waals surface area contributed by atoms with E-state index in [1.165, 1.54) is 18.4 Å². The number of alkyl halides is 2. The topological polar surface area (TPSA) is 40.5 Å². The molecule has 1 rings (SSSR count). The molecule has 0 aliphatic carbocycles. The monoisotopic (exact) mass is 287 g/mol. The Bertz CT molecular complexity index is 502. The minimum Gasteiger partial charge on any atom is -0.395 e. The highest BCUT2D eigenvalue weighted by atomic mass is 32.1. The molecule has 1 aromatic rings. The zero-order valence-electron chi connectivity index (χ0n) is 10.7. The molecule has 1 N–H and O–H groups in total. The quantitative estimate of drug-likeness (QED) is 0.862. The summed E-state index contributed by atoms with van der Waals surface area (Å²) >= 11 is 1.18. The molecule has 19 heavy (non-hydrogen) atoms. The molecule has 3 nitrogen and oxygen atoms in total. The van der Waals surface area contributed by atoms with Crippen LogP contribution >= 0.6 is 11.3 Å². The van der Waals surface area contributed by atoms with E-state index in [0.717, 1.165) is 15.3 Å². The van der Waals surface area contributed by atoms with Crippen LogP contribution in [0.4, 0.5) is 8.78 Å². The van der Waals surface area contributed by atoms with Crippen LogP contribution in [0.25, 0.3) is 0 Å². The molecule has 0 unspecified atom stereocenters. The smallest absolute Gasteiger partial charge is 0.263 e. The van der Waals surface area contributed by atoms with Crippen LogP contribution in [-0.2, 0) is 0 Å². The average molecular weight is 287 g/mol. The molecule has 0 saturated heterocycles. The van der Waals surface area contributed by atoms with Crippen LogP contribution in [0.1, 0.15) is 26.5 Å². The standard InChI is InChI=1S/C13H15F2NO2S/c1-9-7-11(13(18)16(2)8-12(14)15)19-10(9)5-3-4-6-17/h7,12,17H,4,6,8H2,1-2H3. The first-order valence-corrected chi connectivity index (χ1v) is 6.51. The van der Waals surface area contributed by atoms with E-state index < -0.39 is 18.9 Å². The molecule has 0 saturated carbocycles. The lowest BCUT2D eigenvalue weighted by molar-refractivity contribution is 0.0624. The highest BCUT2D eigenvalue weighted by molar-refractivity contribution is 7.14. The molecule has 1 heterocycles. The molecular formula is C13H15F2NO2S. The van der Waals surface area contributed by atoms with Crippen LogP contribution in [0.3, 0.4) is 0 Å². The zero-order valence-corrected chi connectivity index (χ0v) is 11.6. The van der Waals surface area contributed by atoms with E-state index in [1.54, 1.807) is 6.07 Å². The van der Waals surface area contributed by atoms with Gasteiger partial charge in [-0.25, -0.2) is 8.78 Å². The van der Waals surface area contributed by atoms with Crippen LogP contribution in [0.5, 0.6) is 0 Å². The van der Waals surface area contributed by atoms with Crippen LogP contribution in [0, 0.1) is 18.8 Å². The Hall–Kier alpha value is -1.45. The van der Waals surface area contributed by atoms with Crippen LogP contribution in [0.15, 0.2) is 6.07 Å². The first-order chi connectivity index (χ1) is 8.95. The second-order valence-corrected chi connectivity index (χ2v) is 5.03. The minimum atomic E-state index is -2.54. The van der Waals surface area contributed by atoms with Gasteiger partial charge in [0.05, 0.1) is 22.9 Å². The first-order valence-electron chi connectivity index (χ1n) is 5.69. The van der Waals surface area contributed by atoms with Gasteiger partial charge >= 0.3 is 0 Å². The van der Waals surface area contributed by atoms with Gasteiger partial charge in [0.15, 0.2) is 0 Å². The van der Waals surface area contributed by atoms with Crippen molar-refractivity contribution in [1.29, 1.82) is 0 Å². The third-order valence-electron chi connectivity index (χ3n) is 2.33. The van der Waals surface area contributed by atoms with E-state index in [0.29, 0.717) is 11.3 Å². The lowest BCUT2D eigenvalue weighted by Crippen LogP contribution is -2.30. The maximum absolute atomic E-state index is 12.2. The van der Waals surface area contributed by atoms with Gasteiger partial charge in [-0.1, -0.05) is 11.8 Å². The molecule has 0 aliphatic rings. The molecule has 0 radical (unpaired) electrons. The Labute approximate surface area is 114 Å². The van der Waals surface area contributed by atoms with Crippen LogP contribution in [-0.4, -0.2) is 42.5 Å². The van der Waals surface area contributed by atoms with Gasteiger partial charge in [0.1, 0.15) is 0 Å². The van der Waals surface area contributed by atoms with Crippen molar-refractivity contribution in [2.45, 2.75) is 19.8 Å². The molecule has 104 valence electrons. The fourth-order valence-electron chi connectivity index (χ4n) is 1.39. The predicted octanol–water partition coefficient (Wildman–Crippen LogP) is 2.13. The average Bonchev–Trinajstić information content (AvgIpc) is 2.69. The number of aliphatic hydroxyl groups is 1. The van der Waals surface area contributed by atoms with Gasteiger partial charge in [-0.2, -0.15) is 0 Å². The van der Waals surface area contributed by atoms with E-state index in [4.69, 9.17) is 5.11 Å². The Morgan fingerprint density at radius 3 is 2.84 bits per heavy atom. The highest BCUT2D eigenvalue weighted by Crippen LogP contribution is 2.22. The Balaban J connectivity index is 2.83. The fourth-order valence-corrected chi connectivity index (χ4v) is 2.43.